The van der Waals surface area contributed by atoms with E-state index in [1.54, 1.807) is 0 Å². The van der Waals surface area contributed by atoms with Gasteiger partial charge in [-0.3, -0.25) is 0 Å². The first kappa shape index (κ1) is 18.3. The Labute approximate surface area is 184 Å². The van der Waals surface area contributed by atoms with Gasteiger partial charge in [-0.05, 0) is 59.7 Å². The number of hydrogen-bond donors (Lipinski definition) is 0. The van der Waals surface area contributed by atoms with Gasteiger partial charge >= 0.3 is 0 Å². The zero-order valence-electron chi connectivity index (χ0n) is 17.1. The second kappa shape index (κ2) is 7.67. The summed E-state index contributed by atoms with van der Waals surface area (Å²) in [5, 5.41) is 0. The molecule has 0 N–H and O–H groups in total. The monoisotopic (exact) mass is 414 g/mol. The van der Waals surface area contributed by atoms with Crippen LogP contribution >= 0.6 is 0 Å². The van der Waals surface area contributed by atoms with Crippen molar-refractivity contribution in [3.63, 3.8) is 0 Å². The Bertz CT molecular complexity index is 1530. The van der Waals surface area contributed by atoms with E-state index in [0.717, 1.165) is 44.5 Å². The highest BCUT2D eigenvalue weighted by atomic mass is 16.4. The van der Waals surface area contributed by atoms with Crippen molar-refractivity contribution in [2.24, 2.45) is 0 Å². The highest BCUT2D eigenvalue weighted by Gasteiger charge is 2.09. The molecule has 0 saturated heterocycles. The number of para-hydroxylation sites is 2. The Morgan fingerprint density at radius 2 is 1.09 bits per heavy atom. The molecule has 152 valence electrons. The van der Waals surface area contributed by atoms with Gasteiger partial charge in [0.25, 0.3) is 0 Å². The van der Waals surface area contributed by atoms with E-state index >= 15 is 0 Å². The van der Waals surface area contributed by atoms with Gasteiger partial charge in [-0.1, -0.05) is 60.7 Å². The van der Waals surface area contributed by atoms with Gasteiger partial charge in [0.1, 0.15) is 11.0 Å². The standard InChI is InChI=1S/C28H18N2O2/c1-2-6-21(7-3-1)27-30-24-17-14-20(18-26(24)32-27)11-10-19-12-15-22(16-13-19)28-29-23-8-4-5-9-25(23)31-28/h1-18H. The number of rotatable bonds is 4. The van der Waals surface area contributed by atoms with E-state index in [2.05, 4.69) is 34.3 Å². The van der Waals surface area contributed by atoms with Crippen LogP contribution in [-0.2, 0) is 0 Å². The van der Waals surface area contributed by atoms with Gasteiger partial charge in [0.15, 0.2) is 11.2 Å². The van der Waals surface area contributed by atoms with E-state index in [1.807, 2.05) is 84.9 Å². The molecule has 0 atom stereocenters. The number of aromatic nitrogens is 2. The molecule has 0 radical (unpaired) electrons. The van der Waals surface area contributed by atoms with Gasteiger partial charge in [0.2, 0.25) is 11.8 Å². The highest BCUT2D eigenvalue weighted by Crippen LogP contribution is 2.26. The quantitative estimate of drug-likeness (QED) is 0.281. The van der Waals surface area contributed by atoms with E-state index in [1.165, 1.54) is 0 Å². The molecule has 2 heterocycles. The van der Waals surface area contributed by atoms with Crippen molar-refractivity contribution in [3.8, 4) is 22.9 Å². The van der Waals surface area contributed by atoms with Crippen LogP contribution < -0.4 is 0 Å². The van der Waals surface area contributed by atoms with E-state index in [9.17, 15) is 0 Å². The van der Waals surface area contributed by atoms with Crippen LogP contribution in [0.3, 0.4) is 0 Å². The molecule has 6 rings (SSSR count). The van der Waals surface area contributed by atoms with Crippen molar-refractivity contribution >= 4 is 34.4 Å². The van der Waals surface area contributed by atoms with Crippen LogP contribution in [0.1, 0.15) is 11.1 Å². The summed E-state index contributed by atoms with van der Waals surface area (Å²) in [7, 11) is 0. The Morgan fingerprint density at radius 3 is 1.88 bits per heavy atom. The van der Waals surface area contributed by atoms with E-state index < -0.39 is 0 Å². The number of benzene rings is 4. The zero-order chi connectivity index (χ0) is 21.3. The molecule has 0 spiro atoms. The van der Waals surface area contributed by atoms with E-state index in [4.69, 9.17) is 8.83 Å². The Balaban J connectivity index is 1.23. The molecule has 0 fully saturated rings. The molecule has 0 aliphatic carbocycles. The molecule has 4 nitrogen and oxygen atoms in total. The topological polar surface area (TPSA) is 52.1 Å². The molecule has 32 heavy (non-hydrogen) atoms. The second-order valence-corrected chi connectivity index (χ2v) is 7.55. The maximum absolute atomic E-state index is 5.97. The van der Waals surface area contributed by atoms with E-state index in [0.29, 0.717) is 11.8 Å². The predicted octanol–water partition coefficient (Wildman–Crippen LogP) is 7.47. The van der Waals surface area contributed by atoms with Gasteiger partial charge in [-0.15, -0.1) is 0 Å². The largest absolute Gasteiger partial charge is 0.436 e. The summed E-state index contributed by atoms with van der Waals surface area (Å²) in [6, 6.07) is 31.9. The van der Waals surface area contributed by atoms with E-state index in [-0.39, 0.29) is 0 Å². The van der Waals surface area contributed by atoms with Crippen LogP contribution in [0.15, 0.2) is 106 Å². The van der Waals surface area contributed by atoms with Gasteiger partial charge in [-0.2, -0.15) is 0 Å². The SMILES string of the molecule is C(=Cc1ccc2nc(-c3ccccc3)oc2c1)c1ccc(-c2nc3ccccc3o2)cc1. The average molecular weight is 414 g/mol. The molecule has 0 aliphatic rings. The lowest BCUT2D eigenvalue weighted by atomic mass is 10.1. The summed E-state index contributed by atoms with van der Waals surface area (Å²) in [5.41, 5.74) is 7.36. The molecule has 6 aromatic rings. The summed E-state index contributed by atoms with van der Waals surface area (Å²) in [5.74, 6) is 1.27. The first-order valence-corrected chi connectivity index (χ1v) is 10.4. The van der Waals surface area contributed by atoms with Crippen molar-refractivity contribution in [2.75, 3.05) is 0 Å². The molecule has 2 aromatic heterocycles. The molecule has 4 aromatic carbocycles. The summed E-state index contributed by atoms with van der Waals surface area (Å²) >= 11 is 0. The minimum atomic E-state index is 0.631. The highest BCUT2D eigenvalue weighted by molar-refractivity contribution is 5.81. The number of fused-ring (bicyclic) bond motifs is 2. The molecule has 0 unspecified atom stereocenters. The molecular weight excluding hydrogens is 396 g/mol. The first-order valence-electron chi connectivity index (χ1n) is 10.4. The van der Waals surface area contributed by atoms with Crippen LogP contribution in [0.4, 0.5) is 0 Å². The fraction of sp³-hybridized carbons (Fsp3) is 0. The molecule has 0 aliphatic heterocycles. The lowest BCUT2D eigenvalue weighted by molar-refractivity contribution is 0.619. The molecular formula is C28H18N2O2. The minimum absolute atomic E-state index is 0.631. The summed E-state index contributed by atoms with van der Waals surface area (Å²) in [6.07, 6.45) is 4.14. The number of nitrogens with zero attached hydrogens (tertiary/aromatic N) is 2. The predicted molar refractivity (Wildman–Crippen MR) is 128 cm³/mol. The number of hydrogen-bond acceptors (Lipinski definition) is 4. The first-order chi connectivity index (χ1) is 15.8. The summed E-state index contributed by atoms with van der Waals surface area (Å²) < 4.78 is 11.8. The smallest absolute Gasteiger partial charge is 0.227 e. The zero-order valence-corrected chi connectivity index (χ0v) is 17.1. The van der Waals surface area contributed by atoms with Crippen molar-refractivity contribution in [2.45, 2.75) is 0 Å². The van der Waals surface area contributed by atoms with Gasteiger partial charge in [0.05, 0.1) is 0 Å². The second-order valence-electron chi connectivity index (χ2n) is 7.55. The average Bonchev–Trinajstić information content (AvgIpc) is 3.48. The maximum atomic E-state index is 5.97. The molecule has 0 saturated carbocycles. The maximum Gasteiger partial charge on any atom is 0.227 e. The van der Waals surface area contributed by atoms with Crippen LogP contribution in [0, 0.1) is 0 Å². The van der Waals surface area contributed by atoms with Crippen molar-refractivity contribution in [1.29, 1.82) is 0 Å². The van der Waals surface area contributed by atoms with Crippen molar-refractivity contribution in [1.82, 2.24) is 9.97 Å². The third kappa shape index (κ3) is 3.48. The Morgan fingerprint density at radius 1 is 0.500 bits per heavy atom. The minimum Gasteiger partial charge on any atom is -0.436 e. The van der Waals surface area contributed by atoms with Gasteiger partial charge in [-0.25, -0.2) is 9.97 Å². The van der Waals surface area contributed by atoms with Crippen LogP contribution in [0.5, 0.6) is 0 Å². The lowest BCUT2D eigenvalue weighted by Gasteiger charge is -1.98. The third-order valence-electron chi connectivity index (χ3n) is 5.35. The molecule has 4 heteroatoms. The lowest BCUT2D eigenvalue weighted by Crippen LogP contribution is -1.78. The Hall–Kier alpha value is -4.44. The van der Waals surface area contributed by atoms with Gasteiger partial charge in [0, 0.05) is 11.1 Å². The van der Waals surface area contributed by atoms with Crippen LogP contribution in [0.25, 0.3) is 57.3 Å². The van der Waals surface area contributed by atoms with Crippen LogP contribution in [-0.4, -0.2) is 9.97 Å². The fourth-order valence-corrected chi connectivity index (χ4v) is 3.67. The fourth-order valence-electron chi connectivity index (χ4n) is 3.67. The molecule has 0 bridgehead atoms. The normalized spacial score (nSPS) is 11.6. The molecule has 0 amide bonds. The van der Waals surface area contributed by atoms with Crippen molar-refractivity contribution < 1.29 is 8.83 Å². The summed E-state index contributed by atoms with van der Waals surface area (Å²) in [6.45, 7) is 0. The Kier molecular flexibility index (Phi) is 4.40. The summed E-state index contributed by atoms with van der Waals surface area (Å²) in [4.78, 5) is 9.15. The van der Waals surface area contributed by atoms with Gasteiger partial charge < -0.3 is 8.83 Å². The third-order valence-corrected chi connectivity index (χ3v) is 5.35. The van der Waals surface area contributed by atoms with Crippen molar-refractivity contribution in [3.05, 3.63) is 108 Å². The van der Waals surface area contributed by atoms with Crippen LogP contribution in [0.2, 0.25) is 0 Å². The number of oxazole rings is 2.